The van der Waals surface area contributed by atoms with E-state index in [0.717, 1.165) is 23.7 Å². The second kappa shape index (κ2) is 10.3. The lowest BCUT2D eigenvalue weighted by Gasteiger charge is -2.61. The first-order valence-electron chi connectivity index (χ1n) is 18.9. The van der Waals surface area contributed by atoms with E-state index >= 15 is 0 Å². The SMILES string of the molecule is CC1(C)c2ccccc2-c2c(N(c3ccc(-c4ccccc4)cc3)c3ccc4c(c3)-c3ccccc3C43C4CC5CC(C4)CC3C5)cccc21. The number of rotatable bonds is 4. The highest BCUT2D eigenvalue weighted by Gasteiger charge is 2.61. The van der Waals surface area contributed by atoms with Crippen LogP contribution in [-0.4, -0.2) is 0 Å². The number of nitrogens with zero attached hydrogens (tertiary/aromatic N) is 1. The summed E-state index contributed by atoms with van der Waals surface area (Å²) >= 11 is 0. The Hall–Kier alpha value is -4.88. The van der Waals surface area contributed by atoms with Gasteiger partial charge in [0.1, 0.15) is 0 Å². The van der Waals surface area contributed by atoms with E-state index in [1.165, 1.54) is 93.7 Å². The predicted molar refractivity (Wildman–Crippen MR) is 207 cm³/mol. The minimum absolute atomic E-state index is 0.0620. The molecule has 12 rings (SSSR count). The zero-order chi connectivity index (χ0) is 33.2. The average molecular weight is 646 g/mol. The summed E-state index contributed by atoms with van der Waals surface area (Å²) in [5.74, 6) is 3.43. The van der Waals surface area contributed by atoms with Gasteiger partial charge in [-0.05, 0) is 136 Å². The van der Waals surface area contributed by atoms with Crippen LogP contribution in [-0.2, 0) is 10.8 Å². The molecule has 0 radical (unpaired) electrons. The molecule has 1 heteroatoms. The molecule has 244 valence electrons. The van der Waals surface area contributed by atoms with Gasteiger partial charge in [0.2, 0.25) is 0 Å². The van der Waals surface area contributed by atoms with Crippen LogP contribution in [0.2, 0.25) is 0 Å². The van der Waals surface area contributed by atoms with Gasteiger partial charge < -0.3 is 4.90 Å². The molecule has 0 N–H and O–H groups in total. The summed E-state index contributed by atoms with van der Waals surface area (Å²) < 4.78 is 0. The van der Waals surface area contributed by atoms with Crippen molar-refractivity contribution in [2.45, 2.75) is 56.8 Å². The Kier molecular flexibility index (Phi) is 5.97. The van der Waals surface area contributed by atoms with Crippen LogP contribution >= 0.6 is 0 Å². The van der Waals surface area contributed by atoms with Crippen LogP contribution in [0.5, 0.6) is 0 Å². The maximum absolute atomic E-state index is 2.57. The topological polar surface area (TPSA) is 3.24 Å². The van der Waals surface area contributed by atoms with Gasteiger partial charge in [0, 0.05) is 27.8 Å². The molecule has 0 saturated heterocycles. The number of anilines is 3. The second-order valence-electron chi connectivity index (χ2n) is 16.6. The van der Waals surface area contributed by atoms with Gasteiger partial charge >= 0.3 is 0 Å². The summed E-state index contributed by atoms with van der Waals surface area (Å²) in [7, 11) is 0. The van der Waals surface area contributed by atoms with Crippen molar-refractivity contribution in [3.05, 3.63) is 162 Å². The van der Waals surface area contributed by atoms with Crippen molar-refractivity contribution >= 4 is 17.1 Å². The smallest absolute Gasteiger partial charge is 0.0543 e. The molecule has 0 aromatic heterocycles. The highest BCUT2D eigenvalue weighted by atomic mass is 15.1. The molecule has 4 fully saturated rings. The molecule has 6 aliphatic carbocycles. The Morgan fingerprint density at radius 1 is 0.460 bits per heavy atom. The third-order valence-corrected chi connectivity index (χ3v) is 13.9. The summed E-state index contributed by atoms with van der Waals surface area (Å²) in [6.07, 6.45) is 7.12. The standard InChI is InChI=1S/C49H43N/c1-48(2)42-15-8-7-14-40(42)47-45(48)17-10-18-46(47)50(37-21-19-34(20-22-37)33-11-4-3-5-12-33)38-23-24-44-41(30-38)39-13-6-9-16-43(39)49(44)35-26-31-25-32(28-35)29-36(49)27-31/h3-24,30-32,35-36H,25-29H2,1-2H3. The predicted octanol–water partition coefficient (Wildman–Crippen LogP) is 12.9. The maximum Gasteiger partial charge on any atom is 0.0543 e. The summed E-state index contributed by atoms with van der Waals surface area (Å²) in [4.78, 5) is 2.55. The molecule has 4 saturated carbocycles. The van der Waals surface area contributed by atoms with Crippen molar-refractivity contribution in [3.63, 3.8) is 0 Å². The van der Waals surface area contributed by atoms with E-state index in [0.29, 0.717) is 0 Å². The number of benzene rings is 6. The van der Waals surface area contributed by atoms with E-state index in [2.05, 4.69) is 158 Å². The quantitative estimate of drug-likeness (QED) is 0.184. The van der Waals surface area contributed by atoms with Gasteiger partial charge in [0.15, 0.2) is 0 Å². The van der Waals surface area contributed by atoms with Crippen LogP contribution in [0.15, 0.2) is 140 Å². The minimum atomic E-state index is -0.0620. The van der Waals surface area contributed by atoms with Crippen molar-refractivity contribution < 1.29 is 0 Å². The van der Waals surface area contributed by atoms with E-state index in [1.807, 2.05) is 0 Å². The van der Waals surface area contributed by atoms with E-state index in [-0.39, 0.29) is 10.8 Å². The molecule has 50 heavy (non-hydrogen) atoms. The molecule has 0 aliphatic heterocycles. The fourth-order valence-electron chi connectivity index (χ4n) is 12.1. The minimum Gasteiger partial charge on any atom is -0.310 e. The summed E-state index contributed by atoms with van der Waals surface area (Å²) in [6, 6.07) is 53.1. The molecule has 0 heterocycles. The van der Waals surface area contributed by atoms with Gasteiger partial charge in [-0.15, -0.1) is 0 Å². The molecule has 1 nitrogen and oxygen atoms in total. The van der Waals surface area contributed by atoms with Gasteiger partial charge in [-0.1, -0.05) is 123 Å². The van der Waals surface area contributed by atoms with Crippen LogP contribution in [0.25, 0.3) is 33.4 Å². The largest absolute Gasteiger partial charge is 0.310 e. The fourth-order valence-corrected chi connectivity index (χ4v) is 12.1. The van der Waals surface area contributed by atoms with Crippen LogP contribution in [0, 0.1) is 23.7 Å². The van der Waals surface area contributed by atoms with Crippen LogP contribution < -0.4 is 4.90 Å². The van der Waals surface area contributed by atoms with Gasteiger partial charge in [-0.25, -0.2) is 0 Å². The van der Waals surface area contributed by atoms with Gasteiger partial charge in [-0.2, -0.15) is 0 Å². The first-order chi connectivity index (χ1) is 24.5. The molecule has 4 bridgehead atoms. The zero-order valence-electron chi connectivity index (χ0n) is 29.1. The highest BCUT2D eigenvalue weighted by molar-refractivity contribution is 5.96. The van der Waals surface area contributed by atoms with Crippen LogP contribution in [0.4, 0.5) is 17.1 Å². The first-order valence-corrected chi connectivity index (χ1v) is 18.9. The fraction of sp³-hybridized carbons (Fsp3) is 0.265. The molecule has 6 aromatic rings. The Balaban J connectivity index is 1.13. The van der Waals surface area contributed by atoms with Gasteiger partial charge in [0.25, 0.3) is 0 Å². The average Bonchev–Trinajstić information content (AvgIpc) is 3.57. The molecule has 0 unspecified atom stereocenters. The van der Waals surface area contributed by atoms with E-state index < -0.39 is 0 Å². The third-order valence-electron chi connectivity index (χ3n) is 13.9. The third kappa shape index (κ3) is 3.79. The number of hydrogen-bond acceptors (Lipinski definition) is 1. The zero-order valence-corrected chi connectivity index (χ0v) is 29.1. The summed E-state index contributed by atoms with van der Waals surface area (Å²) in [6.45, 7) is 4.77. The molecule has 0 atom stereocenters. The molecular weight excluding hydrogens is 603 g/mol. The molecule has 0 amide bonds. The summed E-state index contributed by atoms with van der Waals surface area (Å²) in [5, 5.41) is 0. The van der Waals surface area contributed by atoms with Crippen molar-refractivity contribution in [3.8, 4) is 33.4 Å². The van der Waals surface area contributed by atoms with Crippen molar-refractivity contribution in [1.29, 1.82) is 0 Å². The van der Waals surface area contributed by atoms with Crippen molar-refractivity contribution in [2.75, 3.05) is 4.90 Å². The Bertz CT molecular complexity index is 2280. The Morgan fingerprint density at radius 2 is 1.04 bits per heavy atom. The van der Waals surface area contributed by atoms with Gasteiger partial charge in [-0.3, -0.25) is 0 Å². The molecule has 6 aliphatic rings. The first kappa shape index (κ1) is 28.9. The lowest BCUT2D eigenvalue weighted by atomic mass is 9.43. The van der Waals surface area contributed by atoms with Crippen LogP contribution in [0.3, 0.4) is 0 Å². The lowest BCUT2D eigenvalue weighted by Crippen LogP contribution is -2.55. The molecular formula is C49H43N. The van der Waals surface area contributed by atoms with E-state index in [4.69, 9.17) is 0 Å². The number of fused-ring (bicyclic) bond motifs is 6. The van der Waals surface area contributed by atoms with Crippen LogP contribution in [0.1, 0.15) is 68.2 Å². The molecule has 1 spiro atoms. The summed E-state index contributed by atoms with van der Waals surface area (Å²) in [5.41, 5.74) is 18.0. The van der Waals surface area contributed by atoms with Gasteiger partial charge in [0.05, 0.1) is 5.69 Å². The van der Waals surface area contributed by atoms with E-state index in [1.54, 1.807) is 11.1 Å². The number of hydrogen-bond donors (Lipinski definition) is 0. The Labute approximate surface area is 296 Å². The molecule has 6 aromatic carbocycles. The van der Waals surface area contributed by atoms with Crippen molar-refractivity contribution in [2.24, 2.45) is 23.7 Å². The normalized spacial score (nSPS) is 25.6. The maximum atomic E-state index is 2.57. The van der Waals surface area contributed by atoms with E-state index in [9.17, 15) is 0 Å². The highest BCUT2D eigenvalue weighted by Crippen LogP contribution is 2.69. The Morgan fingerprint density at radius 3 is 1.78 bits per heavy atom. The second-order valence-corrected chi connectivity index (χ2v) is 16.6. The lowest BCUT2D eigenvalue weighted by molar-refractivity contribution is -0.0399. The van der Waals surface area contributed by atoms with Crippen molar-refractivity contribution in [1.82, 2.24) is 0 Å². The monoisotopic (exact) mass is 645 g/mol.